The Bertz CT molecular complexity index is 840. The second-order valence-electron chi connectivity index (χ2n) is 8.50. The molecule has 0 saturated heterocycles. The van der Waals surface area contributed by atoms with Crippen molar-refractivity contribution in [2.45, 2.75) is 63.8 Å². The van der Waals surface area contributed by atoms with Crippen LogP contribution in [0.4, 0.5) is 0 Å². The van der Waals surface area contributed by atoms with E-state index in [1.165, 1.54) is 43.2 Å². The lowest BCUT2D eigenvalue weighted by Gasteiger charge is -2.38. The molecule has 1 atom stereocenters. The number of hydrogen-bond acceptors (Lipinski definition) is 2. The summed E-state index contributed by atoms with van der Waals surface area (Å²) in [6.07, 6.45) is 8.11. The molecule has 0 aromatic heterocycles. The van der Waals surface area contributed by atoms with E-state index >= 15 is 0 Å². The second-order valence-corrected chi connectivity index (χ2v) is 10.2. The van der Waals surface area contributed by atoms with Gasteiger partial charge in [-0.3, -0.25) is 4.90 Å². The van der Waals surface area contributed by atoms with Crippen LogP contribution in [0.1, 0.15) is 63.0 Å². The molecule has 30 heavy (non-hydrogen) atoms. The Morgan fingerprint density at radius 1 is 1.03 bits per heavy atom. The zero-order valence-corrected chi connectivity index (χ0v) is 21.1. The summed E-state index contributed by atoms with van der Waals surface area (Å²) in [5.74, 6) is 0.452. The van der Waals surface area contributed by atoms with Gasteiger partial charge in [-0.25, -0.2) is 0 Å². The van der Waals surface area contributed by atoms with Gasteiger partial charge in [-0.05, 0) is 99.8 Å². The molecule has 1 aliphatic rings. The minimum atomic E-state index is -0.393. The Kier molecular flexibility index (Phi) is 8.98. The molecular weight excluding hydrogens is 500 g/mol. The van der Waals surface area contributed by atoms with E-state index in [0.29, 0.717) is 5.92 Å². The molecule has 0 N–H and O–H groups in total. The van der Waals surface area contributed by atoms with Gasteiger partial charge in [0.25, 0.3) is 0 Å². The SMILES string of the molecule is CCN(CCCC(C#N)(c1ccc(Br)c(Br)c1)C1CCCCC1)Cc1ccccc1. The van der Waals surface area contributed by atoms with Gasteiger partial charge in [0, 0.05) is 15.5 Å². The summed E-state index contributed by atoms with van der Waals surface area (Å²) in [6, 6.07) is 19.9. The van der Waals surface area contributed by atoms with Gasteiger partial charge >= 0.3 is 0 Å². The molecule has 160 valence electrons. The van der Waals surface area contributed by atoms with Crippen molar-refractivity contribution < 1.29 is 0 Å². The quantitative estimate of drug-likeness (QED) is 0.329. The molecule has 2 aromatic rings. The molecule has 0 bridgehead atoms. The van der Waals surface area contributed by atoms with Crippen LogP contribution in [0.5, 0.6) is 0 Å². The first kappa shape index (κ1) is 23.5. The van der Waals surface area contributed by atoms with E-state index in [1.807, 2.05) is 0 Å². The molecule has 1 fully saturated rings. The molecule has 0 aliphatic heterocycles. The largest absolute Gasteiger partial charge is 0.299 e. The van der Waals surface area contributed by atoms with Crippen LogP contribution in [0.15, 0.2) is 57.5 Å². The normalized spacial score (nSPS) is 16.9. The minimum Gasteiger partial charge on any atom is -0.299 e. The molecule has 0 heterocycles. The third kappa shape index (κ3) is 5.75. The number of halogens is 2. The lowest BCUT2D eigenvalue weighted by molar-refractivity contribution is 0.215. The fraction of sp³-hybridized carbons (Fsp3) is 0.500. The molecule has 3 rings (SSSR count). The van der Waals surface area contributed by atoms with Crippen molar-refractivity contribution in [2.75, 3.05) is 13.1 Å². The molecule has 0 spiro atoms. The monoisotopic (exact) mass is 530 g/mol. The van der Waals surface area contributed by atoms with E-state index in [-0.39, 0.29) is 0 Å². The van der Waals surface area contributed by atoms with E-state index in [0.717, 1.165) is 41.4 Å². The van der Waals surface area contributed by atoms with Crippen LogP contribution in [0.2, 0.25) is 0 Å². The molecule has 2 aromatic carbocycles. The lowest BCUT2D eigenvalue weighted by atomic mass is 9.63. The highest BCUT2D eigenvalue weighted by Crippen LogP contribution is 2.45. The Morgan fingerprint density at radius 3 is 2.40 bits per heavy atom. The maximum atomic E-state index is 10.5. The van der Waals surface area contributed by atoms with Gasteiger partial charge < -0.3 is 0 Å². The van der Waals surface area contributed by atoms with Gasteiger partial charge in [-0.2, -0.15) is 5.26 Å². The van der Waals surface area contributed by atoms with Crippen molar-refractivity contribution in [1.29, 1.82) is 5.26 Å². The summed E-state index contributed by atoms with van der Waals surface area (Å²) in [5.41, 5.74) is 2.14. The van der Waals surface area contributed by atoms with Crippen LogP contribution in [0.3, 0.4) is 0 Å². The average molecular weight is 532 g/mol. The first-order valence-corrected chi connectivity index (χ1v) is 12.8. The predicted octanol–water partition coefficient (Wildman–Crippen LogP) is 7.86. The first-order chi connectivity index (χ1) is 14.6. The van der Waals surface area contributed by atoms with Gasteiger partial charge in [-0.1, -0.05) is 62.6 Å². The van der Waals surface area contributed by atoms with Gasteiger partial charge in [-0.15, -0.1) is 0 Å². The van der Waals surface area contributed by atoms with Crippen LogP contribution < -0.4 is 0 Å². The van der Waals surface area contributed by atoms with Gasteiger partial charge in [0.05, 0.1) is 11.5 Å². The van der Waals surface area contributed by atoms with Crippen LogP contribution in [-0.4, -0.2) is 18.0 Å². The van der Waals surface area contributed by atoms with E-state index in [4.69, 9.17) is 0 Å². The Morgan fingerprint density at radius 2 is 1.77 bits per heavy atom. The first-order valence-electron chi connectivity index (χ1n) is 11.2. The number of benzene rings is 2. The van der Waals surface area contributed by atoms with E-state index in [2.05, 4.69) is 98.3 Å². The summed E-state index contributed by atoms with van der Waals surface area (Å²) < 4.78 is 2.08. The smallest absolute Gasteiger partial charge is 0.0851 e. The third-order valence-corrected chi connectivity index (χ3v) is 8.56. The fourth-order valence-electron chi connectivity index (χ4n) is 4.94. The van der Waals surface area contributed by atoms with Crippen molar-refractivity contribution in [3.8, 4) is 6.07 Å². The molecule has 1 saturated carbocycles. The standard InChI is InChI=1S/C26H32Br2N2/c1-2-30(19-21-10-5-3-6-11-21)17-9-16-26(20-29,22-12-7-4-8-13-22)23-14-15-24(27)25(28)18-23/h3,5-6,10-11,14-15,18,22H,2,4,7-9,12-13,16-17,19H2,1H3. The Hall–Kier alpha value is -1.15. The van der Waals surface area contributed by atoms with Crippen LogP contribution in [0.25, 0.3) is 0 Å². The maximum absolute atomic E-state index is 10.5. The van der Waals surface area contributed by atoms with E-state index in [9.17, 15) is 5.26 Å². The molecule has 1 unspecified atom stereocenters. The molecular formula is C26H32Br2N2. The van der Waals surface area contributed by atoms with E-state index < -0.39 is 5.41 Å². The zero-order chi connectivity index (χ0) is 21.4. The zero-order valence-electron chi connectivity index (χ0n) is 17.9. The van der Waals surface area contributed by atoms with Gasteiger partial charge in [0.15, 0.2) is 0 Å². The number of nitrogens with zero attached hydrogens (tertiary/aromatic N) is 2. The molecule has 1 aliphatic carbocycles. The van der Waals surface area contributed by atoms with Crippen molar-refractivity contribution in [3.05, 3.63) is 68.6 Å². The van der Waals surface area contributed by atoms with Crippen LogP contribution in [-0.2, 0) is 12.0 Å². The van der Waals surface area contributed by atoms with Crippen LogP contribution in [0, 0.1) is 17.2 Å². The number of nitriles is 1. The van der Waals surface area contributed by atoms with Crippen molar-refractivity contribution >= 4 is 31.9 Å². The summed E-state index contributed by atoms with van der Waals surface area (Å²) >= 11 is 7.26. The lowest BCUT2D eigenvalue weighted by Crippen LogP contribution is -2.36. The molecule has 0 amide bonds. The maximum Gasteiger partial charge on any atom is 0.0851 e. The van der Waals surface area contributed by atoms with Gasteiger partial charge in [0.1, 0.15) is 0 Å². The minimum absolute atomic E-state index is 0.393. The van der Waals surface area contributed by atoms with Crippen LogP contribution >= 0.6 is 31.9 Å². The van der Waals surface area contributed by atoms with Crippen molar-refractivity contribution in [1.82, 2.24) is 4.90 Å². The number of hydrogen-bond donors (Lipinski definition) is 0. The third-order valence-electron chi connectivity index (χ3n) is 6.68. The summed E-state index contributed by atoms with van der Waals surface area (Å²) in [5, 5.41) is 10.5. The summed E-state index contributed by atoms with van der Waals surface area (Å²) in [7, 11) is 0. The predicted molar refractivity (Wildman–Crippen MR) is 132 cm³/mol. The number of rotatable bonds is 9. The fourth-order valence-corrected chi connectivity index (χ4v) is 5.56. The Labute approximate surface area is 198 Å². The van der Waals surface area contributed by atoms with E-state index in [1.54, 1.807) is 0 Å². The molecule has 0 radical (unpaired) electrons. The highest BCUT2D eigenvalue weighted by molar-refractivity contribution is 9.13. The highest BCUT2D eigenvalue weighted by atomic mass is 79.9. The van der Waals surface area contributed by atoms with Gasteiger partial charge in [0.2, 0.25) is 0 Å². The molecule has 4 heteroatoms. The van der Waals surface area contributed by atoms with Crippen molar-refractivity contribution in [3.63, 3.8) is 0 Å². The summed E-state index contributed by atoms with van der Waals surface area (Å²) in [6.45, 7) is 5.26. The Balaban J connectivity index is 1.76. The highest BCUT2D eigenvalue weighted by Gasteiger charge is 2.41. The second kappa shape index (κ2) is 11.5. The summed E-state index contributed by atoms with van der Waals surface area (Å²) in [4.78, 5) is 2.50. The van der Waals surface area contributed by atoms with Crippen molar-refractivity contribution in [2.24, 2.45) is 5.92 Å². The average Bonchev–Trinajstić information content (AvgIpc) is 2.79. The topological polar surface area (TPSA) is 27.0 Å². The molecule has 2 nitrogen and oxygen atoms in total.